The second-order valence-electron chi connectivity index (χ2n) is 4.81. The average Bonchev–Trinajstić information content (AvgIpc) is 2.46. The molecule has 2 aromatic rings. The fourth-order valence-electron chi connectivity index (χ4n) is 2.04. The number of rotatable bonds is 5. The Morgan fingerprint density at radius 2 is 1.68 bits per heavy atom. The fraction of sp³-hybridized carbons (Fsp3) is 0.250. The van der Waals surface area contributed by atoms with E-state index in [1.54, 1.807) is 0 Å². The van der Waals surface area contributed by atoms with Crippen LogP contribution in [-0.4, -0.2) is 11.7 Å². The van der Waals surface area contributed by atoms with Crippen molar-refractivity contribution in [1.29, 1.82) is 0 Å². The molecule has 0 fully saturated rings. The highest BCUT2D eigenvalue weighted by Gasteiger charge is 2.27. The van der Waals surface area contributed by atoms with Crippen LogP contribution in [0.15, 0.2) is 54.6 Å². The molecule has 1 atom stereocenters. The maximum absolute atomic E-state index is 9.72. The number of nitrogens with one attached hydrogen (secondary N) is 1. The van der Waals surface area contributed by atoms with Crippen LogP contribution in [0.5, 0.6) is 0 Å². The Bertz CT molecular complexity index is 529. The molecule has 0 bridgehead atoms. The van der Waals surface area contributed by atoms with Gasteiger partial charge < -0.3 is 10.4 Å². The van der Waals surface area contributed by atoms with Crippen LogP contribution in [0.1, 0.15) is 18.1 Å². The van der Waals surface area contributed by atoms with Crippen molar-refractivity contribution in [1.82, 2.24) is 5.32 Å². The van der Waals surface area contributed by atoms with Crippen LogP contribution in [0.2, 0.25) is 5.02 Å². The van der Waals surface area contributed by atoms with Gasteiger partial charge >= 0.3 is 0 Å². The molecule has 2 N–H and O–H groups in total. The lowest BCUT2D eigenvalue weighted by Gasteiger charge is -2.30. The monoisotopic (exact) mass is 275 g/mol. The Morgan fingerprint density at radius 3 is 2.32 bits per heavy atom. The zero-order valence-electron chi connectivity index (χ0n) is 10.9. The standard InChI is InChI=1S/C16H18ClNO/c1-16(12-19,14-9-5-6-10-15(14)17)18-11-13-7-3-2-4-8-13/h2-10,18-19H,11-12H2,1H3. The molecule has 2 nitrogen and oxygen atoms in total. The van der Waals surface area contributed by atoms with E-state index in [0.29, 0.717) is 11.6 Å². The van der Waals surface area contributed by atoms with Gasteiger partial charge in [-0.2, -0.15) is 0 Å². The van der Waals surface area contributed by atoms with Gasteiger partial charge in [0.25, 0.3) is 0 Å². The first-order chi connectivity index (χ1) is 9.15. The van der Waals surface area contributed by atoms with Crippen LogP contribution in [0.4, 0.5) is 0 Å². The molecule has 3 heteroatoms. The third kappa shape index (κ3) is 3.35. The van der Waals surface area contributed by atoms with E-state index in [1.807, 2.05) is 49.4 Å². The van der Waals surface area contributed by atoms with Crippen molar-refractivity contribution in [3.8, 4) is 0 Å². The van der Waals surface area contributed by atoms with Crippen molar-refractivity contribution < 1.29 is 5.11 Å². The topological polar surface area (TPSA) is 32.3 Å². The highest BCUT2D eigenvalue weighted by molar-refractivity contribution is 6.31. The van der Waals surface area contributed by atoms with Gasteiger partial charge in [0.05, 0.1) is 12.1 Å². The van der Waals surface area contributed by atoms with Crippen molar-refractivity contribution in [3.05, 3.63) is 70.7 Å². The first kappa shape index (κ1) is 14.1. The van der Waals surface area contributed by atoms with Gasteiger partial charge in [0, 0.05) is 11.6 Å². The summed E-state index contributed by atoms with van der Waals surface area (Å²) in [5.74, 6) is 0. The van der Waals surface area contributed by atoms with Gasteiger partial charge in [-0.3, -0.25) is 0 Å². The third-order valence-corrected chi connectivity index (χ3v) is 3.64. The molecule has 100 valence electrons. The molecule has 0 spiro atoms. The molecule has 2 aromatic carbocycles. The molecule has 0 saturated heterocycles. The Labute approximate surface area is 119 Å². The van der Waals surface area contributed by atoms with Crippen molar-refractivity contribution in [2.45, 2.75) is 19.0 Å². The first-order valence-corrected chi connectivity index (χ1v) is 6.68. The maximum atomic E-state index is 9.72. The molecule has 0 aliphatic rings. The number of benzene rings is 2. The predicted octanol–water partition coefficient (Wildman–Crippen LogP) is 3.34. The van der Waals surface area contributed by atoms with E-state index in [2.05, 4.69) is 17.4 Å². The minimum absolute atomic E-state index is 0.0104. The Balaban J connectivity index is 2.17. The summed E-state index contributed by atoms with van der Waals surface area (Å²) >= 11 is 6.22. The van der Waals surface area contributed by atoms with Crippen LogP contribution in [0.3, 0.4) is 0 Å². The summed E-state index contributed by atoms with van der Waals surface area (Å²) < 4.78 is 0. The maximum Gasteiger partial charge on any atom is 0.0657 e. The molecule has 1 unspecified atom stereocenters. The van der Waals surface area contributed by atoms with Gasteiger partial charge in [0.1, 0.15) is 0 Å². The number of aliphatic hydroxyl groups is 1. The summed E-state index contributed by atoms with van der Waals surface area (Å²) in [6, 6.07) is 17.7. The van der Waals surface area contributed by atoms with E-state index in [9.17, 15) is 5.11 Å². The zero-order valence-corrected chi connectivity index (χ0v) is 11.7. The molecule has 0 heterocycles. The van der Waals surface area contributed by atoms with E-state index < -0.39 is 5.54 Å². The summed E-state index contributed by atoms with van der Waals surface area (Å²) in [6.45, 7) is 2.63. The number of hydrogen-bond donors (Lipinski definition) is 2. The number of halogens is 1. The lowest BCUT2D eigenvalue weighted by Crippen LogP contribution is -2.42. The summed E-state index contributed by atoms with van der Waals surface area (Å²) in [5, 5.41) is 13.8. The van der Waals surface area contributed by atoms with E-state index >= 15 is 0 Å². The van der Waals surface area contributed by atoms with Crippen LogP contribution >= 0.6 is 11.6 Å². The molecular weight excluding hydrogens is 258 g/mol. The van der Waals surface area contributed by atoms with E-state index in [0.717, 1.165) is 5.56 Å². The first-order valence-electron chi connectivity index (χ1n) is 6.30. The van der Waals surface area contributed by atoms with Gasteiger partial charge in [-0.15, -0.1) is 0 Å². The molecule has 0 saturated carbocycles. The quantitative estimate of drug-likeness (QED) is 0.877. The Kier molecular flexibility index (Phi) is 4.59. The summed E-state index contributed by atoms with van der Waals surface area (Å²) in [6.07, 6.45) is 0. The summed E-state index contributed by atoms with van der Waals surface area (Å²) in [5.41, 5.74) is 1.54. The summed E-state index contributed by atoms with van der Waals surface area (Å²) in [7, 11) is 0. The predicted molar refractivity (Wildman–Crippen MR) is 79.2 cm³/mol. The second-order valence-corrected chi connectivity index (χ2v) is 5.22. The van der Waals surface area contributed by atoms with Crippen LogP contribution < -0.4 is 5.32 Å². The van der Waals surface area contributed by atoms with Crippen LogP contribution in [-0.2, 0) is 12.1 Å². The molecule has 0 aromatic heterocycles. The van der Waals surface area contributed by atoms with E-state index in [1.165, 1.54) is 5.56 Å². The average molecular weight is 276 g/mol. The van der Waals surface area contributed by atoms with Crippen LogP contribution in [0, 0.1) is 0 Å². The fourth-order valence-corrected chi connectivity index (χ4v) is 2.38. The molecular formula is C16H18ClNO. The highest BCUT2D eigenvalue weighted by Crippen LogP contribution is 2.27. The van der Waals surface area contributed by atoms with Gasteiger partial charge in [0.2, 0.25) is 0 Å². The molecule has 0 amide bonds. The van der Waals surface area contributed by atoms with E-state index in [4.69, 9.17) is 11.6 Å². The molecule has 19 heavy (non-hydrogen) atoms. The SMILES string of the molecule is CC(CO)(NCc1ccccc1)c1ccccc1Cl. The normalized spacial score (nSPS) is 14.1. The largest absolute Gasteiger partial charge is 0.394 e. The Morgan fingerprint density at radius 1 is 1.05 bits per heavy atom. The smallest absolute Gasteiger partial charge is 0.0657 e. The third-order valence-electron chi connectivity index (χ3n) is 3.31. The molecule has 2 rings (SSSR count). The minimum atomic E-state index is -0.547. The molecule has 0 radical (unpaired) electrons. The number of hydrogen-bond acceptors (Lipinski definition) is 2. The van der Waals surface area contributed by atoms with Crippen molar-refractivity contribution in [2.24, 2.45) is 0 Å². The number of aliphatic hydroxyl groups excluding tert-OH is 1. The van der Waals surface area contributed by atoms with Crippen LogP contribution in [0.25, 0.3) is 0 Å². The van der Waals surface area contributed by atoms with E-state index in [-0.39, 0.29) is 6.61 Å². The lowest BCUT2D eigenvalue weighted by atomic mass is 9.92. The van der Waals surface area contributed by atoms with Gasteiger partial charge in [0.15, 0.2) is 0 Å². The highest BCUT2D eigenvalue weighted by atomic mass is 35.5. The van der Waals surface area contributed by atoms with Gasteiger partial charge in [-0.25, -0.2) is 0 Å². The van der Waals surface area contributed by atoms with Crippen molar-refractivity contribution in [2.75, 3.05) is 6.61 Å². The molecule has 0 aliphatic carbocycles. The van der Waals surface area contributed by atoms with Crippen molar-refractivity contribution in [3.63, 3.8) is 0 Å². The molecule has 0 aliphatic heterocycles. The zero-order chi connectivity index (χ0) is 13.7. The minimum Gasteiger partial charge on any atom is -0.394 e. The second kappa shape index (κ2) is 6.20. The van der Waals surface area contributed by atoms with Crippen molar-refractivity contribution >= 4 is 11.6 Å². The Hall–Kier alpha value is -1.35. The summed E-state index contributed by atoms with van der Waals surface area (Å²) in [4.78, 5) is 0. The van der Waals surface area contributed by atoms with Gasteiger partial charge in [-0.1, -0.05) is 60.1 Å². The van der Waals surface area contributed by atoms with Gasteiger partial charge in [-0.05, 0) is 24.1 Å². The lowest BCUT2D eigenvalue weighted by molar-refractivity contribution is 0.173.